The molecule has 0 amide bonds. The normalized spacial score (nSPS) is 34.6. The molecule has 0 nitrogen and oxygen atoms in total. The van der Waals surface area contributed by atoms with Crippen molar-refractivity contribution in [1.82, 2.24) is 0 Å². The first-order chi connectivity index (χ1) is 9.69. The van der Waals surface area contributed by atoms with E-state index in [1.165, 1.54) is 21.4 Å². The van der Waals surface area contributed by atoms with Gasteiger partial charge in [-0.25, -0.2) is 0 Å². The van der Waals surface area contributed by atoms with E-state index in [0.29, 0.717) is 26.2 Å². The predicted octanol–water partition coefficient (Wildman–Crippen LogP) is 6.55. The van der Waals surface area contributed by atoms with E-state index in [2.05, 4.69) is 41.5 Å². The Morgan fingerprint density at radius 3 is 1.48 bits per heavy atom. The topological polar surface area (TPSA) is 0 Å². The van der Waals surface area contributed by atoms with Crippen molar-refractivity contribution in [3.63, 3.8) is 0 Å². The number of hydrogen-bond acceptors (Lipinski definition) is 0. The maximum atomic E-state index is 2.50. The zero-order valence-electron chi connectivity index (χ0n) is 15.2. The zero-order chi connectivity index (χ0) is 15.7. The van der Waals surface area contributed by atoms with Crippen LogP contribution in [0.15, 0.2) is 0 Å². The lowest BCUT2D eigenvalue weighted by Crippen LogP contribution is -2.21. The molecule has 2 fully saturated rings. The van der Waals surface area contributed by atoms with Gasteiger partial charge in [-0.3, -0.25) is 0 Å². The Kier molecular flexibility index (Phi) is 6.61. The molecule has 2 heterocycles. The van der Waals surface area contributed by atoms with Gasteiger partial charge >= 0.3 is 0 Å². The van der Waals surface area contributed by atoms with E-state index in [1.807, 2.05) is 0 Å². The highest BCUT2D eigenvalue weighted by atomic mass is 31.1. The van der Waals surface area contributed by atoms with Crippen LogP contribution in [0.1, 0.15) is 67.2 Å². The molecule has 0 bridgehead atoms. The Morgan fingerprint density at radius 1 is 0.762 bits per heavy atom. The molecule has 124 valence electrons. The van der Waals surface area contributed by atoms with E-state index in [0.717, 1.165) is 11.3 Å². The Morgan fingerprint density at radius 2 is 1.14 bits per heavy atom. The van der Waals surface area contributed by atoms with Crippen molar-refractivity contribution in [2.24, 2.45) is 0 Å². The minimum absolute atomic E-state index is 0.305. The van der Waals surface area contributed by atoms with Gasteiger partial charge in [-0.2, -0.15) is 0 Å². The fraction of sp³-hybridized carbons (Fsp3) is 1.00. The average Bonchev–Trinajstić information content (AvgIpc) is 2.94. The molecule has 2 rings (SSSR count). The molecular formula is C18H37P3. The van der Waals surface area contributed by atoms with Crippen molar-refractivity contribution in [1.29, 1.82) is 0 Å². The van der Waals surface area contributed by atoms with Gasteiger partial charge in [0.05, 0.1) is 0 Å². The van der Waals surface area contributed by atoms with Crippen LogP contribution in [-0.2, 0) is 0 Å². The molecule has 2 saturated heterocycles. The van der Waals surface area contributed by atoms with E-state index in [-0.39, 0.29) is 0 Å². The van der Waals surface area contributed by atoms with Crippen molar-refractivity contribution in [3.05, 3.63) is 0 Å². The van der Waals surface area contributed by atoms with Gasteiger partial charge in [-0.05, 0) is 72.0 Å². The van der Waals surface area contributed by atoms with Gasteiger partial charge in [0.15, 0.2) is 0 Å². The van der Waals surface area contributed by atoms with E-state index < -0.39 is 0 Å². The first-order valence-electron chi connectivity index (χ1n) is 8.94. The molecule has 4 atom stereocenters. The van der Waals surface area contributed by atoms with Crippen molar-refractivity contribution in [3.8, 4) is 0 Å². The lowest BCUT2D eigenvalue weighted by molar-refractivity contribution is 0.767. The molecule has 0 unspecified atom stereocenters. The molecule has 2 aliphatic rings. The Bertz CT molecular complexity index is 294. The van der Waals surface area contributed by atoms with Gasteiger partial charge in [0.1, 0.15) is 0 Å². The summed E-state index contributed by atoms with van der Waals surface area (Å²) in [4.78, 5) is 0. The van der Waals surface area contributed by atoms with Crippen LogP contribution in [0.25, 0.3) is 0 Å². The van der Waals surface area contributed by atoms with E-state index in [4.69, 9.17) is 0 Å². The van der Waals surface area contributed by atoms with Crippen molar-refractivity contribution < 1.29 is 0 Å². The summed E-state index contributed by atoms with van der Waals surface area (Å²) < 4.78 is 0. The van der Waals surface area contributed by atoms with Crippen molar-refractivity contribution in [2.75, 3.05) is 24.6 Å². The lowest BCUT2D eigenvalue weighted by Gasteiger charge is -2.35. The third kappa shape index (κ3) is 5.13. The molecule has 2 aliphatic heterocycles. The van der Waals surface area contributed by atoms with Crippen LogP contribution >= 0.6 is 24.4 Å². The summed E-state index contributed by atoms with van der Waals surface area (Å²) in [6.07, 6.45) is 12.4. The molecule has 0 aliphatic carbocycles. The summed E-state index contributed by atoms with van der Waals surface area (Å²) >= 11 is 0. The molecule has 0 aromatic rings. The molecule has 3 heteroatoms. The minimum atomic E-state index is 0.305. The summed E-state index contributed by atoms with van der Waals surface area (Å²) in [6, 6.07) is 0. The quantitative estimate of drug-likeness (QED) is 0.506. The van der Waals surface area contributed by atoms with Crippen LogP contribution in [0, 0.1) is 0 Å². The van der Waals surface area contributed by atoms with E-state index >= 15 is 0 Å². The van der Waals surface area contributed by atoms with E-state index in [9.17, 15) is 0 Å². The van der Waals surface area contributed by atoms with Crippen LogP contribution < -0.4 is 0 Å². The summed E-state index contributed by atoms with van der Waals surface area (Å²) in [7, 11) is 1.87. The average molecular weight is 346 g/mol. The van der Waals surface area contributed by atoms with Gasteiger partial charge in [-0.1, -0.05) is 57.4 Å². The molecule has 0 spiro atoms. The largest absolute Gasteiger partial charge is 0.121 e. The second kappa shape index (κ2) is 7.45. The molecule has 21 heavy (non-hydrogen) atoms. The van der Waals surface area contributed by atoms with Gasteiger partial charge < -0.3 is 0 Å². The Hall–Kier alpha value is 1.29. The second-order valence-corrected chi connectivity index (χ2v) is 17.2. The Labute approximate surface area is 138 Å². The van der Waals surface area contributed by atoms with Crippen LogP contribution in [0.5, 0.6) is 0 Å². The third-order valence-electron chi connectivity index (χ3n) is 5.24. The highest BCUT2D eigenvalue weighted by Gasteiger charge is 2.37. The van der Waals surface area contributed by atoms with Crippen LogP contribution in [-0.4, -0.2) is 46.3 Å². The first kappa shape index (κ1) is 18.6. The summed E-state index contributed by atoms with van der Waals surface area (Å²) in [5, 5.41) is 1.21. The summed E-state index contributed by atoms with van der Waals surface area (Å²) in [5.41, 5.74) is 2.22. The highest BCUT2D eigenvalue weighted by Crippen LogP contribution is 2.62. The van der Waals surface area contributed by atoms with Gasteiger partial charge in [0.25, 0.3) is 0 Å². The molecule has 0 radical (unpaired) electrons. The van der Waals surface area contributed by atoms with Gasteiger partial charge in [-0.15, -0.1) is 8.58 Å². The van der Waals surface area contributed by atoms with Crippen LogP contribution in [0.3, 0.4) is 0 Å². The van der Waals surface area contributed by atoms with Crippen LogP contribution in [0.4, 0.5) is 0 Å². The summed E-state index contributed by atoms with van der Waals surface area (Å²) in [5.74, 6) is 0. The smallest absolute Gasteiger partial charge is 0.0167 e. The van der Waals surface area contributed by atoms with Crippen LogP contribution in [0.2, 0.25) is 0 Å². The maximum absolute atomic E-state index is 2.50. The molecule has 0 aromatic heterocycles. The molecule has 0 aromatic carbocycles. The predicted molar refractivity (Wildman–Crippen MR) is 107 cm³/mol. The van der Waals surface area contributed by atoms with E-state index in [1.54, 1.807) is 37.5 Å². The van der Waals surface area contributed by atoms with Gasteiger partial charge in [0, 0.05) is 0 Å². The Balaban J connectivity index is 1.79. The molecule has 0 N–H and O–H groups in total. The lowest BCUT2D eigenvalue weighted by atomic mass is 10.3. The zero-order valence-corrected chi connectivity index (χ0v) is 18.0. The molecular weight excluding hydrogens is 309 g/mol. The molecule has 0 saturated carbocycles. The fourth-order valence-corrected chi connectivity index (χ4v) is 14.4. The number of hydrogen-bond donors (Lipinski definition) is 0. The minimum Gasteiger partial charge on any atom is -0.121 e. The SMILES string of the molecule is CC(C)(C)[P@@]1CCC[C@H]1CPC[C@@H]1CCC[P@]1C(C)(C)C. The number of rotatable bonds is 4. The van der Waals surface area contributed by atoms with Crippen molar-refractivity contribution >= 4 is 24.4 Å². The maximum Gasteiger partial charge on any atom is -0.0167 e. The highest BCUT2D eigenvalue weighted by molar-refractivity contribution is 7.62. The first-order valence-corrected chi connectivity index (χ1v) is 13.5. The summed E-state index contributed by atoms with van der Waals surface area (Å²) in [6.45, 7) is 15.0. The second-order valence-electron chi connectivity index (χ2n) is 8.98. The standard InChI is InChI=1S/C18H37P3/c1-17(2,3)20-11-7-9-15(20)13-19-14-16-10-8-12-21(16)18(4,5)6/h15-16,19H,7-14H2,1-6H3/t15-,16-,20-,21-/m0/s1. The third-order valence-corrected chi connectivity index (χ3v) is 15.2. The van der Waals surface area contributed by atoms with Gasteiger partial charge in [0.2, 0.25) is 0 Å². The monoisotopic (exact) mass is 346 g/mol. The van der Waals surface area contributed by atoms with Crippen molar-refractivity contribution in [2.45, 2.75) is 88.9 Å². The fourth-order valence-electron chi connectivity index (χ4n) is 4.28.